The van der Waals surface area contributed by atoms with Gasteiger partial charge in [-0.2, -0.15) is 5.26 Å². The van der Waals surface area contributed by atoms with Gasteiger partial charge in [0.15, 0.2) is 11.7 Å². The van der Waals surface area contributed by atoms with E-state index in [9.17, 15) is 9.59 Å². The predicted octanol–water partition coefficient (Wildman–Crippen LogP) is 3.57. The van der Waals surface area contributed by atoms with E-state index in [4.69, 9.17) is 33.2 Å². The zero-order valence-corrected chi connectivity index (χ0v) is 15.9. The molecule has 7 heteroatoms. The van der Waals surface area contributed by atoms with E-state index in [1.165, 1.54) is 0 Å². The van der Waals surface area contributed by atoms with Crippen LogP contribution in [0.25, 0.3) is 0 Å². The first kappa shape index (κ1) is 21.4. The quantitative estimate of drug-likeness (QED) is 0.493. The summed E-state index contributed by atoms with van der Waals surface area (Å²) < 4.78 is 5.36. The molecule has 0 aliphatic carbocycles. The van der Waals surface area contributed by atoms with Crippen LogP contribution in [0.5, 0.6) is 0 Å². The molecule has 0 heterocycles. The van der Waals surface area contributed by atoms with Gasteiger partial charge in [-0.3, -0.25) is 9.59 Å². The fourth-order valence-electron chi connectivity index (χ4n) is 2.13. The normalized spacial score (nSPS) is 11.8. The number of carbonyl (C=O) groups is 2. The van der Waals surface area contributed by atoms with E-state index in [2.05, 4.69) is 5.32 Å². The van der Waals surface area contributed by atoms with Crippen molar-refractivity contribution in [1.82, 2.24) is 5.32 Å². The highest BCUT2D eigenvalue weighted by Crippen LogP contribution is 2.26. The van der Waals surface area contributed by atoms with Crippen LogP contribution in [-0.4, -0.2) is 30.9 Å². The predicted molar refractivity (Wildman–Crippen MR) is 97.6 cm³/mol. The summed E-state index contributed by atoms with van der Waals surface area (Å²) >= 11 is 12.0. The van der Waals surface area contributed by atoms with Crippen LogP contribution < -0.4 is 5.32 Å². The Kier molecular flexibility index (Phi) is 9.51. The lowest BCUT2D eigenvalue weighted by molar-refractivity contribution is -0.131. The molecule has 5 nitrogen and oxygen atoms in total. The van der Waals surface area contributed by atoms with Crippen molar-refractivity contribution in [3.05, 3.63) is 33.8 Å². The molecular weight excluding hydrogens is 363 g/mol. The lowest BCUT2D eigenvalue weighted by Crippen LogP contribution is -2.35. The summed E-state index contributed by atoms with van der Waals surface area (Å²) in [6.45, 7) is 4.72. The molecule has 1 N–H and O–H groups in total. The van der Waals surface area contributed by atoms with E-state index in [1.54, 1.807) is 24.3 Å². The van der Waals surface area contributed by atoms with Gasteiger partial charge in [0.1, 0.15) is 0 Å². The highest BCUT2D eigenvalue weighted by atomic mass is 35.5. The fraction of sp³-hybridized carbons (Fsp3) is 0.500. The average Bonchev–Trinajstić information content (AvgIpc) is 2.56. The van der Waals surface area contributed by atoms with Crippen LogP contribution in [0.3, 0.4) is 0 Å². The van der Waals surface area contributed by atoms with Crippen LogP contribution in [0.2, 0.25) is 10.0 Å². The molecule has 0 bridgehead atoms. The van der Waals surface area contributed by atoms with E-state index >= 15 is 0 Å². The van der Waals surface area contributed by atoms with Gasteiger partial charge < -0.3 is 10.1 Å². The number of nitrogens with one attached hydrogen (secondary N) is 1. The molecule has 0 fully saturated rings. The molecule has 1 rings (SSSR count). The Hall–Kier alpha value is -1.61. The topological polar surface area (TPSA) is 79.2 Å². The number of Topliss-reactive ketones (excluding diaryl/α,β-unsaturated/α-hetero) is 1. The number of carbonyl (C=O) groups excluding carboxylic acids is 2. The van der Waals surface area contributed by atoms with Crippen LogP contribution in [0.1, 0.15) is 32.3 Å². The summed E-state index contributed by atoms with van der Waals surface area (Å²) in [5, 5.41) is 12.5. The molecule has 0 aromatic heterocycles. The molecule has 25 heavy (non-hydrogen) atoms. The summed E-state index contributed by atoms with van der Waals surface area (Å²) in [4.78, 5) is 24.2. The Morgan fingerprint density at radius 3 is 2.68 bits per heavy atom. The summed E-state index contributed by atoms with van der Waals surface area (Å²) in [6.07, 6.45) is 1.12. The monoisotopic (exact) mass is 384 g/mol. The second-order valence-electron chi connectivity index (χ2n) is 5.81. The smallest absolute Gasteiger partial charge is 0.244 e. The van der Waals surface area contributed by atoms with Gasteiger partial charge in [0.05, 0.1) is 22.2 Å². The van der Waals surface area contributed by atoms with Gasteiger partial charge in [0, 0.05) is 19.6 Å². The lowest BCUT2D eigenvalue weighted by atomic mass is 9.98. The van der Waals surface area contributed by atoms with Gasteiger partial charge in [0.25, 0.3) is 0 Å². The van der Waals surface area contributed by atoms with Crippen molar-refractivity contribution in [2.75, 3.05) is 13.2 Å². The number of nitrogens with zero attached hydrogens (tertiary/aromatic N) is 1. The number of nitriles is 1. The average molecular weight is 385 g/mol. The highest BCUT2D eigenvalue weighted by molar-refractivity contribution is 6.42. The van der Waals surface area contributed by atoms with Gasteiger partial charge in [-0.15, -0.1) is 0 Å². The van der Waals surface area contributed by atoms with E-state index in [-0.39, 0.29) is 12.5 Å². The SMILES string of the molecule is CC(C)OCCCNC(=O)C(C#N)C(=O)CCc1cccc(Cl)c1Cl. The van der Waals surface area contributed by atoms with Crippen LogP contribution in [0, 0.1) is 17.2 Å². The molecule has 0 saturated carbocycles. The van der Waals surface area contributed by atoms with E-state index in [0.29, 0.717) is 41.6 Å². The van der Waals surface area contributed by atoms with Crippen molar-refractivity contribution >= 4 is 34.9 Å². The van der Waals surface area contributed by atoms with Gasteiger partial charge in [-0.25, -0.2) is 0 Å². The van der Waals surface area contributed by atoms with Crippen LogP contribution in [-0.2, 0) is 20.7 Å². The van der Waals surface area contributed by atoms with Crippen molar-refractivity contribution in [3.63, 3.8) is 0 Å². The molecule has 1 unspecified atom stereocenters. The Bertz CT molecular complexity index is 642. The number of rotatable bonds is 10. The van der Waals surface area contributed by atoms with Crippen molar-refractivity contribution < 1.29 is 14.3 Å². The van der Waals surface area contributed by atoms with Crippen molar-refractivity contribution in [1.29, 1.82) is 5.26 Å². The minimum absolute atomic E-state index is 0.0438. The van der Waals surface area contributed by atoms with E-state index in [1.807, 2.05) is 13.8 Å². The number of halogens is 2. The Balaban J connectivity index is 2.47. The van der Waals surface area contributed by atoms with Gasteiger partial charge in [-0.05, 0) is 38.3 Å². The van der Waals surface area contributed by atoms with Gasteiger partial charge >= 0.3 is 0 Å². The van der Waals surface area contributed by atoms with Crippen molar-refractivity contribution in [2.24, 2.45) is 5.92 Å². The Morgan fingerprint density at radius 1 is 1.32 bits per heavy atom. The summed E-state index contributed by atoms with van der Waals surface area (Å²) in [5.41, 5.74) is 0.713. The van der Waals surface area contributed by atoms with E-state index in [0.717, 1.165) is 0 Å². The summed E-state index contributed by atoms with van der Waals surface area (Å²) in [7, 11) is 0. The standard InChI is InChI=1S/C18H22Cl2N2O3/c1-12(2)25-10-4-9-22-18(24)14(11-21)16(23)8-7-13-5-3-6-15(19)17(13)20/h3,5-6,12,14H,4,7-10H2,1-2H3,(H,22,24). The number of hydrogen-bond donors (Lipinski definition) is 1. The molecule has 1 aromatic rings. The molecule has 1 atom stereocenters. The summed E-state index contributed by atoms with van der Waals surface area (Å²) in [6, 6.07) is 6.93. The molecule has 0 spiro atoms. The highest BCUT2D eigenvalue weighted by Gasteiger charge is 2.25. The minimum atomic E-state index is -1.32. The fourth-order valence-corrected chi connectivity index (χ4v) is 2.54. The largest absolute Gasteiger partial charge is 0.379 e. The van der Waals surface area contributed by atoms with Gasteiger partial charge in [-0.1, -0.05) is 35.3 Å². The second kappa shape index (κ2) is 11.1. The van der Waals surface area contributed by atoms with E-state index < -0.39 is 17.6 Å². The van der Waals surface area contributed by atoms with Crippen LogP contribution in [0.15, 0.2) is 18.2 Å². The number of aryl methyl sites for hydroxylation is 1. The third-order valence-electron chi connectivity index (χ3n) is 3.46. The third kappa shape index (κ3) is 7.43. The minimum Gasteiger partial charge on any atom is -0.379 e. The molecule has 0 radical (unpaired) electrons. The number of amides is 1. The maximum absolute atomic E-state index is 12.2. The maximum Gasteiger partial charge on any atom is 0.244 e. The van der Waals surface area contributed by atoms with Crippen molar-refractivity contribution in [3.8, 4) is 6.07 Å². The first-order valence-corrected chi connectivity index (χ1v) is 8.87. The molecule has 0 aliphatic heterocycles. The Morgan fingerprint density at radius 2 is 2.04 bits per heavy atom. The number of ether oxygens (including phenoxy) is 1. The number of hydrogen-bond acceptors (Lipinski definition) is 4. The Labute approximate surface area is 158 Å². The first-order chi connectivity index (χ1) is 11.9. The summed E-state index contributed by atoms with van der Waals surface area (Å²) in [5.74, 6) is -2.33. The maximum atomic E-state index is 12.2. The van der Waals surface area contributed by atoms with Crippen LogP contribution in [0.4, 0.5) is 0 Å². The molecule has 136 valence electrons. The van der Waals surface area contributed by atoms with Crippen molar-refractivity contribution in [2.45, 2.75) is 39.2 Å². The number of benzene rings is 1. The first-order valence-electron chi connectivity index (χ1n) is 8.11. The van der Waals surface area contributed by atoms with Crippen LogP contribution >= 0.6 is 23.2 Å². The molecule has 1 amide bonds. The third-order valence-corrected chi connectivity index (χ3v) is 4.32. The molecular formula is C18H22Cl2N2O3. The lowest BCUT2D eigenvalue weighted by Gasteiger charge is -2.11. The second-order valence-corrected chi connectivity index (χ2v) is 6.59. The molecule has 1 aromatic carbocycles. The zero-order chi connectivity index (χ0) is 18.8. The zero-order valence-electron chi connectivity index (χ0n) is 14.4. The van der Waals surface area contributed by atoms with Gasteiger partial charge in [0.2, 0.25) is 5.91 Å². The number of ketones is 1. The molecule has 0 saturated heterocycles. The molecule has 0 aliphatic rings.